The summed E-state index contributed by atoms with van der Waals surface area (Å²) in [7, 11) is 4.29. The summed E-state index contributed by atoms with van der Waals surface area (Å²) in [6.07, 6.45) is 5.24. The van der Waals surface area contributed by atoms with Crippen LogP contribution in [0.25, 0.3) is 0 Å². The number of likely N-dealkylation sites (N-methyl/N-ethyl adjacent to an activating group) is 1. The van der Waals surface area contributed by atoms with Crippen molar-refractivity contribution in [2.45, 2.75) is 58.0 Å². The maximum absolute atomic E-state index is 3.69. The van der Waals surface area contributed by atoms with Gasteiger partial charge in [0, 0.05) is 18.1 Å². The molecule has 0 saturated heterocycles. The number of hydrogen-bond donors (Lipinski definition) is 1. The molecular weight excluding hydrogens is 244 g/mol. The zero-order chi connectivity index (χ0) is 14.8. The number of hydrogen-bond acceptors (Lipinski definition) is 2. The van der Waals surface area contributed by atoms with Crippen molar-refractivity contribution in [1.82, 2.24) is 10.2 Å². The molecule has 112 valence electrons. The van der Waals surface area contributed by atoms with Gasteiger partial charge in [0.25, 0.3) is 0 Å². The van der Waals surface area contributed by atoms with Crippen molar-refractivity contribution in [1.29, 1.82) is 0 Å². The van der Waals surface area contributed by atoms with Gasteiger partial charge in [0.05, 0.1) is 0 Å². The third-order valence-corrected chi connectivity index (χ3v) is 4.92. The largest absolute Gasteiger partial charge is 0.308 e. The number of nitrogens with zero attached hydrogens (tertiary/aromatic N) is 1. The molecule has 0 heterocycles. The minimum Gasteiger partial charge on any atom is -0.308 e. The average molecular weight is 274 g/mol. The molecule has 1 unspecified atom stereocenters. The van der Waals surface area contributed by atoms with E-state index in [-0.39, 0.29) is 5.54 Å². The summed E-state index contributed by atoms with van der Waals surface area (Å²) in [5, 5.41) is 3.69. The maximum atomic E-state index is 3.69. The first kappa shape index (κ1) is 15.5. The van der Waals surface area contributed by atoms with E-state index < -0.39 is 0 Å². The molecule has 1 aliphatic rings. The van der Waals surface area contributed by atoms with Gasteiger partial charge in [0.1, 0.15) is 0 Å². The zero-order valence-corrected chi connectivity index (χ0v) is 13.8. The van der Waals surface area contributed by atoms with Gasteiger partial charge in [0.15, 0.2) is 0 Å². The van der Waals surface area contributed by atoms with Crippen LogP contribution in [0.2, 0.25) is 0 Å². The van der Waals surface area contributed by atoms with E-state index in [1.807, 2.05) is 0 Å². The molecule has 2 nitrogen and oxygen atoms in total. The number of rotatable bonds is 5. The van der Waals surface area contributed by atoms with Crippen LogP contribution in [-0.2, 0) is 12.8 Å². The van der Waals surface area contributed by atoms with E-state index in [1.165, 1.54) is 31.2 Å². The fourth-order valence-electron chi connectivity index (χ4n) is 2.70. The third kappa shape index (κ3) is 3.62. The average Bonchev–Trinajstić information content (AvgIpc) is 2.44. The second kappa shape index (κ2) is 6.28. The van der Waals surface area contributed by atoms with Gasteiger partial charge in [-0.1, -0.05) is 18.2 Å². The fraction of sp³-hybridized carbons (Fsp3) is 0.667. The van der Waals surface area contributed by atoms with Gasteiger partial charge in [-0.25, -0.2) is 0 Å². The highest BCUT2D eigenvalue weighted by Crippen LogP contribution is 2.25. The Morgan fingerprint density at radius 2 is 1.80 bits per heavy atom. The minimum absolute atomic E-state index is 0.183. The van der Waals surface area contributed by atoms with Crippen LogP contribution in [0.1, 0.15) is 56.3 Å². The Balaban J connectivity index is 2.01. The van der Waals surface area contributed by atoms with Gasteiger partial charge < -0.3 is 10.2 Å². The van der Waals surface area contributed by atoms with E-state index in [1.54, 1.807) is 11.1 Å². The topological polar surface area (TPSA) is 15.3 Å². The van der Waals surface area contributed by atoms with Gasteiger partial charge >= 0.3 is 0 Å². The summed E-state index contributed by atoms with van der Waals surface area (Å²) < 4.78 is 0. The first-order chi connectivity index (χ1) is 9.40. The molecule has 1 atom stereocenters. The lowest BCUT2D eigenvalue weighted by Crippen LogP contribution is -2.47. The molecule has 1 aromatic carbocycles. The Labute approximate surface area is 124 Å². The van der Waals surface area contributed by atoms with Crippen molar-refractivity contribution in [3.63, 3.8) is 0 Å². The lowest BCUT2D eigenvalue weighted by molar-refractivity contribution is 0.185. The predicted molar refractivity (Wildman–Crippen MR) is 87.3 cm³/mol. The summed E-state index contributed by atoms with van der Waals surface area (Å²) in [6, 6.07) is 7.50. The highest BCUT2D eigenvalue weighted by molar-refractivity contribution is 5.35. The Hall–Kier alpha value is -0.860. The minimum atomic E-state index is 0.183. The van der Waals surface area contributed by atoms with Crippen molar-refractivity contribution in [2.75, 3.05) is 20.6 Å². The summed E-state index contributed by atoms with van der Waals surface area (Å²) >= 11 is 0. The highest BCUT2D eigenvalue weighted by Gasteiger charge is 2.21. The Kier molecular flexibility index (Phi) is 4.87. The molecule has 1 aliphatic carbocycles. The lowest BCUT2D eigenvalue weighted by Gasteiger charge is -2.34. The first-order valence-corrected chi connectivity index (χ1v) is 7.92. The van der Waals surface area contributed by atoms with E-state index >= 15 is 0 Å². The lowest BCUT2D eigenvalue weighted by atomic mass is 9.89. The van der Waals surface area contributed by atoms with Crippen LogP contribution in [0.3, 0.4) is 0 Å². The van der Waals surface area contributed by atoms with Gasteiger partial charge in [-0.3, -0.25) is 0 Å². The molecule has 0 amide bonds. The van der Waals surface area contributed by atoms with E-state index in [4.69, 9.17) is 0 Å². The highest BCUT2D eigenvalue weighted by atomic mass is 15.2. The summed E-state index contributed by atoms with van der Waals surface area (Å²) in [5.74, 6) is 0. The fourth-order valence-corrected chi connectivity index (χ4v) is 2.70. The number of aryl methyl sites for hydroxylation is 2. The number of nitrogens with one attached hydrogen (secondary N) is 1. The Morgan fingerprint density at radius 3 is 2.45 bits per heavy atom. The van der Waals surface area contributed by atoms with E-state index in [0.717, 1.165) is 6.54 Å². The molecule has 0 spiro atoms. The van der Waals surface area contributed by atoms with Crippen LogP contribution in [0.15, 0.2) is 18.2 Å². The van der Waals surface area contributed by atoms with Crippen molar-refractivity contribution < 1.29 is 0 Å². The van der Waals surface area contributed by atoms with Gasteiger partial charge in [-0.2, -0.15) is 0 Å². The first-order valence-electron chi connectivity index (χ1n) is 7.92. The molecule has 0 aliphatic heterocycles. The quantitative estimate of drug-likeness (QED) is 0.883. The van der Waals surface area contributed by atoms with Gasteiger partial charge in [0.2, 0.25) is 0 Å². The molecule has 0 fully saturated rings. The van der Waals surface area contributed by atoms with Crippen LogP contribution < -0.4 is 5.32 Å². The molecule has 20 heavy (non-hydrogen) atoms. The van der Waals surface area contributed by atoms with Gasteiger partial charge in [-0.05, 0) is 77.2 Å². The normalized spacial score (nSPS) is 17.1. The van der Waals surface area contributed by atoms with Crippen molar-refractivity contribution >= 4 is 0 Å². The van der Waals surface area contributed by atoms with Crippen molar-refractivity contribution in [2.24, 2.45) is 0 Å². The van der Waals surface area contributed by atoms with Crippen LogP contribution in [0.5, 0.6) is 0 Å². The molecular formula is C18H30N2. The van der Waals surface area contributed by atoms with Crippen LogP contribution in [0, 0.1) is 0 Å². The second-order valence-corrected chi connectivity index (χ2v) is 7.04. The molecule has 2 rings (SSSR count). The molecule has 0 aromatic heterocycles. The third-order valence-electron chi connectivity index (χ3n) is 4.92. The van der Waals surface area contributed by atoms with E-state index in [9.17, 15) is 0 Å². The van der Waals surface area contributed by atoms with Crippen molar-refractivity contribution in [3.05, 3.63) is 34.9 Å². The summed E-state index contributed by atoms with van der Waals surface area (Å²) in [5.41, 5.74) is 4.76. The Morgan fingerprint density at radius 1 is 1.15 bits per heavy atom. The standard InChI is InChI=1S/C18H30N2/c1-14(19-13-18(2,3)20(4)5)16-11-10-15-8-6-7-9-17(15)12-16/h10-12,14,19H,6-9,13H2,1-5H3. The summed E-state index contributed by atoms with van der Waals surface area (Å²) in [6.45, 7) is 7.83. The SMILES string of the molecule is CC(NCC(C)(C)N(C)C)c1ccc2c(c1)CCCC2. The second-order valence-electron chi connectivity index (χ2n) is 7.04. The molecule has 0 radical (unpaired) electrons. The maximum Gasteiger partial charge on any atom is 0.0292 e. The summed E-state index contributed by atoms with van der Waals surface area (Å²) in [4.78, 5) is 2.28. The predicted octanol–water partition coefficient (Wildman–Crippen LogP) is 3.56. The Bertz CT molecular complexity index is 449. The molecule has 1 N–H and O–H groups in total. The molecule has 2 heteroatoms. The number of fused-ring (bicyclic) bond motifs is 1. The van der Waals surface area contributed by atoms with Crippen LogP contribution >= 0.6 is 0 Å². The van der Waals surface area contributed by atoms with E-state index in [2.05, 4.69) is 63.3 Å². The van der Waals surface area contributed by atoms with Gasteiger partial charge in [-0.15, -0.1) is 0 Å². The zero-order valence-electron chi connectivity index (χ0n) is 13.8. The monoisotopic (exact) mass is 274 g/mol. The van der Waals surface area contributed by atoms with Crippen molar-refractivity contribution in [3.8, 4) is 0 Å². The smallest absolute Gasteiger partial charge is 0.0292 e. The van der Waals surface area contributed by atoms with Crippen LogP contribution in [0.4, 0.5) is 0 Å². The number of benzene rings is 1. The molecule has 0 bridgehead atoms. The molecule has 0 saturated carbocycles. The molecule has 1 aromatic rings. The van der Waals surface area contributed by atoms with E-state index in [0.29, 0.717) is 6.04 Å². The van der Waals surface area contributed by atoms with Crippen LogP contribution in [-0.4, -0.2) is 31.1 Å².